The molecule has 2 amide bonds. The molecule has 1 heterocycles. The van der Waals surface area contributed by atoms with Crippen LogP contribution in [0.3, 0.4) is 0 Å². The van der Waals surface area contributed by atoms with E-state index in [1.54, 1.807) is 0 Å². The van der Waals surface area contributed by atoms with E-state index in [0.717, 1.165) is 24.3 Å². The topological polar surface area (TPSA) is 78.9 Å². The van der Waals surface area contributed by atoms with Gasteiger partial charge in [-0.2, -0.15) is 0 Å². The van der Waals surface area contributed by atoms with Gasteiger partial charge >= 0.3 is 12.0 Å². The van der Waals surface area contributed by atoms with Gasteiger partial charge in [-0.15, -0.1) is 6.42 Å². The Kier molecular flexibility index (Phi) is 6.01. The van der Waals surface area contributed by atoms with Crippen LogP contribution in [0.5, 0.6) is 0 Å². The van der Waals surface area contributed by atoms with E-state index in [1.165, 1.54) is 0 Å². The first-order valence-corrected chi connectivity index (χ1v) is 5.89. The average molecular weight is 254 g/mol. The fraction of sp³-hybridized carbons (Fsp3) is 0.667. The molecule has 0 aromatic carbocycles. The smallest absolute Gasteiger partial charge is 0.323 e. The van der Waals surface area contributed by atoms with Gasteiger partial charge in [0, 0.05) is 13.2 Å². The highest BCUT2D eigenvalue weighted by Gasteiger charge is 2.18. The Hall–Kier alpha value is -1.74. The number of rotatable bonds is 5. The lowest BCUT2D eigenvalue weighted by atomic mass is 10.0. The maximum absolute atomic E-state index is 11.7. The third kappa shape index (κ3) is 5.06. The Morgan fingerprint density at radius 3 is 2.89 bits per heavy atom. The fourth-order valence-electron chi connectivity index (χ4n) is 1.78. The molecule has 1 aliphatic rings. The molecule has 0 spiro atoms. The Morgan fingerprint density at radius 2 is 2.33 bits per heavy atom. The van der Waals surface area contributed by atoms with Crippen molar-refractivity contribution in [2.24, 2.45) is 5.92 Å². The molecule has 1 rings (SSSR count). The number of amides is 2. The number of urea groups is 1. The lowest BCUT2D eigenvalue weighted by Crippen LogP contribution is -2.45. The maximum Gasteiger partial charge on any atom is 0.323 e. The van der Waals surface area contributed by atoms with E-state index in [2.05, 4.69) is 11.2 Å². The third-order valence-corrected chi connectivity index (χ3v) is 2.69. The van der Waals surface area contributed by atoms with Crippen LogP contribution in [-0.2, 0) is 9.53 Å². The minimum Gasteiger partial charge on any atom is -0.480 e. The fourth-order valence-corrected chi connectivity index (χ4v) is 1.78. The number of terminal acetylenes is 1. The van der Waals surface area contributed by atoms with Gasteiger partial charge in [-0.1, -0.05) is 5.92 Å². The van der Waals surface area contributed by atoms with Crippen molar-refractivity contribution in [3.63, 3.8) is 0 Å². The van der Waals surface area contributed by atoms with Crippen molar-refractivity contribution in [1.29, 1.82) is 0 Å². The van der Waals surface area contributed by atoms with E-state index in [0.29, 0.717) is 19.1 Å². The summed E-state index contributed by atoms with van der Waals surface area (Å²) in [6.07, 6.45) is 7.10. The first-order valence-electron chi connectivity index (χ1n) is 5.89. The van der Waals surface area contributed by atoms with Crippen LogP contribution < -0.4 is 5.32 Å². The van der Waals surface area contributed by atoms with Gasteiger partial charge in [0.05, 0.1) is 13.2 Å². The number of carbonyl (C=O) groups is 2. The van der Waals surface area contributed by atoms with Gasteiger partial charge in [-0.05, 0) is 18.8 Å². The number of carbonyl (C=O) groups excluding carboxylic acids is 1. The molecule has 6 heteroatoms. The van der Waals surface area contributed by atoms with E-state index in [9.17, 15) is 9.59 Å². The minimum atomic E-state index is -1.08. The van der Waals surface area contributed by atoms with Crippen LogP contribution in [0, 0.1) is 18.3 Å². The van der Waals surface area contributed by atoms with Crippen LogP contribution in [0.1, 0.15) is 12.8 Å². The van der Waals surface area contributed by atoms with Crippen molar-refractivity contribution < 1.29 is 19.4 Å². The van der Waals surface area contributed by atoms with Crippen LogP contribution in [0.25, 0.3) is 0 Å². The quantitative estimate of drug-likeness (QED) is 0.684. The first-order chi connectivity index (χ1) is 8.63. The van der Waals surface area contributed by atoms with Crippen molar-refractivity contribution >= 4 is 12.0 Å². The Balaban J connectivity index is 2.35. The van der Waals surface area contributed by atoms with Gasteiger partial charge in [-0.3, -0.25) is 4.79 Å². The highest BCUT2D eigenvalue weighted by Crippen LogP contribution is 2.12. The van der Waals surface area contributed by atoms with Gasteiger partial charge in [0.15, 0.2) is 0 Å². The normalized spacial score (nSPS) is 18.7. The summed E-state index contributed by atoms with van der Waals surface area (Å²) in [5.74, 6) is 1.48. The SMILES string of the molecule is C#CCN(CC(=O)O)C(=O)NCC1CCCOC1. The number of nitrogens with one attached hydrogen (secondary N) is 1. The predicted molar refractivity (Wildman–Crippen MR) is 65.0 cm³/mol. The summed E-state index contributed by atoms with van der Waals surface area (Å²) in [6.45, 7) is 1.48. The molecule has 1 aliphatic heterocycles. The summed E-state index contributed by atoms with van der Waals surface area (Å²) in [6, 6.07) is -0.444. The molecule has 0 aromatic heterocycles. The standard InChI is InChI=1S/C12H18N2O4/c1-2-5-14(8-11(15)16)12(17)13-7-10-4-3-6-18-9-10/h1,10H,3-9H2,(H,13,17)(H,15,16). The molecule has 0 aromatic rings. The summed E-state index contributed by atoms with van der Waals surface area (Å²) in [5, 5.41) is 11.4. The van der Waals surface area contributed by atoms with Crippen LogP contribution in [0.4, 0.5) is 4.79 Å². The molecule has 0 saturated carbocycles. The van der Waals surface area contributed by atoms with E-state index in [-0.39, 0.29) is 6.54 Å². The lowest BCUT2D eigenvalue weighted by Gasteiger charge is -2.24. The van der Waals surface area contributed by atoms with Crippen LogP contribution in [0.2, 0.25) is 0 Å². The number of aliphatic carboxylic acids is 1. The summed E-state index contributed by atoms with van der Waals surface area (Å²) in [4.78, 5) is 23.4. The number of hydrogen-bond acceptors (Lipinski definition) is 3. The average Bonchev–Trinajstić information content (AvgIpc) is 2.36. The zero-order chi connectivity index (χ0) is 13.4. The van der Waals surface area contributed by atoms with E-state index < -0.39 is 18.5 Å². The molecule has 18 heavy (non-hydrogen) atoms. The molecule has 1 unspecified atom stereocenters. The predicted octanol–water partition coefficient (Wildman–Crippen LogP) is 0.142. The van der Waals surface area contributed by atoms with Crippen LogP contribution in [-0.4, -0.2) is 54.9 Å². The van der Waals surface area contributed by atoms with Crippen molar-refractivity contribution in [3.8, 4) is 12.3 Å². The molecule has 0 radical (unpaired) electrons. The number of hydrogen-bond donors (Lipinski definition) is 2. The molecule has 0 bridgehead atoms. The van der Waals surface area contributed by atoms with Crippen molar-refractivity contribution in [2.45, 2.75) is 12.8 Å². The number of carboxylic acids is 1. The minimum absolute atomic E-state index is 0.0146. The molecule has 6 nitrogen and oxygen atoms in total. The summed E-state index contributed by atoms with van der Waals surface area (Å²) < 4.78 is 5.30. The van der Waals surface area contributed by atoms with Crippen LogP contribution in [0.15, 0.2) is 0 Å². The molecule has 1 fully saturated rings. The van der Waals surface area contributed by atoms with Gasteiger partial charge in [0.2, 0.25) is 0 Å². The van der Waals surface area contributed by atoms with Gasteiger partial charge in [0.25, 0.3) is 0 Å². The second-order valence-corrected chi connectivity index (χ2v) is 4.22. The third-order valence-electron chi connectivity index (χ3n) is 2.69. The molecule has 2 N–H and O–H groups in total. The molecule has 0 aliphatic carbocycles. The summed E-state index contributed by atoms with van der Waals surface area (Å²) in [7, 11) is 0. The Labute approximate surface area is 106 Å². The first kappa shape index (κ1) is 14.3. The highest BCUT2D eigenvalue weighted by molar-refractivity contribution is 5.80. The Morgan fingerprint density at radius 1 is 1.56 bits per heavy atom. The summed E-state index contributed by atoms with van der Waals surface area (Å²) in [5.41, 5.74) is 0. The molecule has 100 valence electrons. The number of carboxylic acid groups (broad SMARTS) is 1. The van der Waals surface area contributed by atoms with Gasteiger partial charge < -0.3 is 20.1 Å². The van der Waals surface area contributed by atoms with E-state index in [4.69, 9.17) is 16.3 Å². The summed E-state index contributed by atoms with van der Waals surface area (Å²) >= 11 is 0. The second kappa shape index (κ2) is 7.56. The van der Waals surface area contributed by atoms with E-state index >= 15 is 0 Å². The van der Waals surface area contributed by atoms with Crippen LogP contribution >= 0.6 is 0 Å². The molecular weight excluding hydrogens is 236 g/mol. The van der Waals surface area contributed by atoms with Crippen molar-refractivity contribution in [3.05, 3.63) is 0 Å². The molecule has 1 atom stereocenters. The molecule has 1 saturated heterocycles. The highest BCUT2D eigenvalue weighted by atomic mass is 16.5. The van der Waals surface area contributed by atoms with Crippen molar-refractivity contribution in [1.82, 2.24) is 10.2 Å². The second-order valence-electron chi connectivity index (χ2n) is 4.22. The Bertz CT molecular complexity index is 331. The number of ether oxygens (including phenoxy) is 1. The largest absolute Gasteiger partial charge is 0.480 e. The lowest BCUT2D eigenvalue weighted by molar-refractivity contribution is -0.137. The maximum atomic E-state index is 11.7. The molecular formula is C12H18N2O4. The zero-order valence-electron chi connectivity index (χ0n) is 10.2. The van der Waals surface area contributed by atoms with Gasteiger partial charge in [-0.25, -0.2) is 4.79 Å². The van der Waals surface area contributed by atoms with Crippen molar-refractivity contribution in [2.75, 3.05) is 32.8 Å². The zero-order valence-corrected chi connectivity index (χ0v) is 10.2. The number of nitrogens with zero attached hydrogens (tertiary/aromatic N) is 1. The van der Waals surface area contributed by atoms with E-state index in [1.807, 2.05) is 0 Å². The van der Waals surface area contributed by atoms with Gasteiger partial charge in [0.1, 0.15) is 6.54 Å². The monoisotopic (exact) mass is 254 g/mol.